The van der Waals surface area contributed by atoms with Crippen LogP contribution in [0.1, 0.15) is 47.0 Å². The summed E-state index contributed by atoms with van der Waals surface area (Å²) in [5.74, 6) is 0.769. The molecule has 2 heteroatoms. The first kappa shape index (κ1) is 14.6. The van der Waals surface area contributed by atoms with Crippen molar-refractivity contribution in [3.63, 3.8) is 0 Å². The largest absolute Gasteiger partial charge is 0.378 e. The van der Waals surface area contributed by atoms with Crippen molar-refractivity contribution < 1.29 is 4.74 Å². The average molecular weight is 239 g/mol. The van der Waals surface area contributed by atoms with Crippen molar-refractivity contribution in [2.75, 3.05) is 26.3 Å². The van der Waals surface area contributed by atoms with Gasteiger partial charge in [-0.25, -0.2) is 0 Å². The van der Waals surface area contributed by atoms with Gasteiger partial charge in [0.05, 0.1) is 13.2 Å². The van der Waals surface area contributed by atoms with Gasteiger partial charge < -0.3 is 9.64 Å². The SMILES string of the molecule is CC(C)C(C)(C)CCCC=CN1CCOCC1. The molecule has 1 saturated heterocycles. The van der Waals surface area contributed by atoms with Crippen molar-refractivity contribution in [3.05, 3.63) is 12.3 Å². The molecular weight excluding hydrogens is 210 g/mol. The number of nitrogens with zero attached hydrogens (tertiary/aromatic N) is 1. The van der Waals surface area contributed by atoms with E-state index in [0.717, 1.165) is 32.2 Å². The Kier molecular flexibility index (Phi) is 6.04. The van der Waals surface area contributed by atoms with Crippen LogP contribution in [0.2, 0.25) is 0 Å². The lowest BCUT2D eigenvalue weighted by atomic mass is 9.77. The molecule has 0 spiro atoms. The van der Waals surface area contributed by atoms with Crippen LogP contribution in [0, 0.1) is 11.3 Å². The Morgan fingerprint density at radius 1 is 1.24 bits per heavy atom. The monoisotopic (exact) mass is 239 g/mol. The summed E-state index contributed by atoms with van der Waals surface area (Å²) in [6.07, 6.45) is 8.39. The smallest absolute Gasteiger partial charge is 0.0642 e. The summed E-state index contributed by atoms with van der Waals surface area (Å²) >= 11 is 0. The van der Waals surface area contributed by atoms with E-state index in [1.54, 1.807) is 0 Å². The minimum atomic E-state index is 0.479. The molecule has 1 fully saturated rings. The molecule has 0 N–H and O–H groups in total. The van der Waals surface area contributed by atoms with Gasteiger partial charge >= 0.3 is 0 Å². The van der Waals surface area contributed by atoms with Gasteiger partial charge in [-0.05, 0) is 36.8 Å². The Morgan fingerprint density at radius 2 is 1.88 bits per heavy atom. The highest BCUT2D eigenvalue weighted by atomic mass is 16.5. The molecule has 0 aromatic carbocycles. The number of hydrogen-bond acceptors (Lipinski definition) is 2. The molecule has 0 aromatic rings. The molecule has 1 aliphatic rings. The van der Waals surface area contributed by atoms with E-state index in [9.17, 15) is 0 Å². The third kappa shape index (κ3) is 5.58. The second-order valence-corrected chi connectivity index (χ2v) is 6.07. The molecule has 0 saturated carbocycles. The Balaban J connectivity index is 2.12. The van der Waals surface area contributed by atoms with Crippen LogP contribution in [0.4, 0.5) is 0 Å². The van der Waals surface area contributed by atoms with Crippen LogP contribution in [0.25, 0.3) is 0 Å². The van der Waals surface area contributed by atoms with Crippen LogP contribution in [0.3, 0.4) is 0 Å². The van der Waals surface area contributed by atoms with Crippen LogP contribution in [0.15, 0.2) is 12.3 Å². The van der Waals surface area contributed by atoms with E-state index in [1.165, 1.54) is 19.3 Å². The number of unbranched alkanes of at least 4 members (excludes halogenated alkanes) is 1. The van der Waals surface area contributed by atoms with Crippen LogP contribution in [-0.2, 0) is 4.74 Å². The maximum Gasteiger partial charge on any atom is 0.0642 e. The van der Waals surface area contributed by atoms with E-state index in [2.05, 4.69) is 44.9 Å². The zero-order valence-corrected chi connectivity index (χ0v) is 12.0. The van der Waals surface area contributed by atoms with Gasteiger partial charge in [0.2, 0.25) is 0 Å². The first-order valence-electron chi connectivity index (χ1n) is 7.01. The van der Waals surface area contributed by atoms with Crippen LogP contribution >= 0.6 is 0 Å². The molecule has 100 valence electrons. The molecule has 0 atom stereocenters. The van der Waals surface area contributed by atoms with E-state index < -0.39 is 0 Å². The fourth-order valence-electron chi connectivity index (χ4n) is 1.91. The molecule has 17 heavy (non-hydrogen) atoms. The minimum Gasteiger partial charge on any atom is -0.378 e. The highest BCUT2D eigenvalue weighted by molar-refractivity contribution is 4.84. The fourth-order valence-corrected chi connectivity index (χ4v) is 1.91. The normalized spacial score (nSPS) is 18.3. The lowest BCUT2D eigenvalue weighted by Gasteiger charge is -2.29. The number of rotatable bonds is 6. The maximum atomic E-state index is 5.32. The quantitative estimate of drug-likeness (QED) is 0.656. The fraction of sp³-hybridized carbons (Fsp3) is 0.867. The van der Waals surface area contributed by atoms with Crippen LogP contribution in [0.5, 0.6) is 0 Å². The van der Waals surface area contributed by atoms with E-state index in [4.69, 9.17) is 4.74 Å². The Hall–Kier alpha value is -0.500. The summed E-state index contributed by atoms with van der Waals surface area (Å²) in [6, 6.07) is 0. The molecule has 0 radical (unpaired) electrons. The zero-order chi connectivity index (χ0) is 12.7. The van der Waals surface area contributed by atoms with Crippen molar-refractivity contribution in [3.8, 4) is 0 Å². The number of allylic oxidation sites excluding steroid dienone is 1. The van der Waals surface area contributed by atoms with Gasteiger partial charge in [-0.2, -0.15) is 0 Å². The third-order valence-electron chi connectivity index (χ3n) is 4.12. The third-order valence-corrected chi connectivity index (χ3v) is 4.12. The molecule has 2 nitrogen and oxygen atoms in total. The number of ether oxygens (including phenoxy) is 1. The van der Waals surface area contributed by atoms with Crippen LogP contribution < -0.4 is 0 Å². The van der Waals surface area contributed by atoms with Crippen molar-refractivity contribution in [1.82, 2.24) is 4.90 Å². The predicted octanol–water partition coefficient (Wildman–Crippen LogP) is 3.68. The summed E-state index contributed by atoms with van der Waals surface area (Å²) in [5.41, 5.74) is 0.479. The molecule has 0 amide bonds. The Labute approximate surface area is 107 Å². The highest BCUT2D eigenvalue weighted by Crippen LogP contribution is 2.31. The zero-order valence-electron chi connectivity index (χ0n) is 12.0. The maximum absolute atomic E-state index is 5.32. The second kappa shape index (κ2) is 7.05. The molecule has 0 aromatic heterocycles. The van der Waals surface area contributed by atoms with Gasteiger partial charge in [0.25, 0.3) is 0 Å². The van der Waals surface area contributed by atoms with Gasteiger partial charge in [-0.1, -0.05) is 33.8 Å². The van der Waals surface area contributed by atoms with Gasteiger partial charge in [0, 0.05) is 13.1 Å². The Morgan fingerprint density at radius 3 is 2.47 bits per heavy atom. The van der Waals surface area contributed by atoms with E-state index in [0.29, 0.717) is 5.41 Å². The minimum absolute atomic E-state index is 0.479. The molecule has 0 aliphatic carbocycles. The second-order valence-electron chi connectivity index (χ2n) is 6.07. The lowest BCUT2D eigenvalue weighted by molar-refractivity contribution is 0.0592. The standard InChI is InChI=1S/C15H29NO/c1-14(2)15(3,4)8-6-5-7-9-16-10-12-17-13-11-16/h7,9,14H,5-6,8,10-13H2,1-4H3. The van der Waals surface area contributed by atoms with Crippen molar-refractivity contribution in [2.45, 2.75) is 47.0 Å². The van der Waals surface area contributed by atoms with Crippen LogP contribution in [-0.4, -0.2) is 31.2 Å². The lowest BCUT2D eigenvalue weighted by Crippen LogP contribution is -2.31. The molecule has 0 unspecified atom stereocenters. The van der Waals surface area contributed by atoms with Gasteiger partial charge in [0.1, 0.15) is 0 Å². The van der Waals surface area contributed by atoms with Crippen molar-refractivity contribution in [2.24, 2.45) is 11.3 Å². The first-order valence-corrected chi connectivity index (χ1v) is 7.01. The van der Waals surface area contributed by atoms with Gasteiger partial charge in [-0.3, -0.25) is 0 Å². The van der Waals surface area contributed by atoms with Crippen molar-refractivity contribution in [1.29, 1.82) is 0 Å². The first-order chi connectivity index (χ1) is 8.02. The topological polar surface area (TPSA) is 12.5 Å². The van der Waals surface area contributed by atoms with E-state index >= 15 is 0 Å². The highest BCUT2D eigenvalue weighted by Gasteiger charge is 2.20. The van der Waals surface area contributed by atoms with Gasteiger partial charge in [-0.15, -0.1) is 0 Å². The van der Waals surface area contributed by atoms with Crippen molar-refractivity contribution >= 4 is 0 Å². The van der Waals surface area contributed by atoms with E-state index in [1.807, 2.05) is 0 Å². The molecule has 1 aliphatic heterocycles. The summed E-state index contributed by atoms with van der Waals surface area (Å²) in [4.78, 5) is 2.36. The Bertz CT molecular complexity index is 227. The average Bonchev–Trinajstić information content (AvgIpc) is 2.29. The molecule has 0 bridgehead atoms. The van der Waals surface area contributed by atoms with Gasteiger partial charge in [0.15, 0.2) is 0 Å². The summed E-state index contributed by atoms with van der Waals surface area (Å²) < 4.78 is 5.32. The van der Waals surface area contributed by atoms with E-state index in [-0.39, 0.29) is 0 Å². The molecule has 1 rings (SSSR count). The number of morpholine rings is 1. The summed E-state index contributed by atoms with van der Waals surface area (Å²) in [7, 11) is 0. The number of hydrogen-bond donors (Lipinski definition) is 0. The summed E-state index contributed by atoms with van der Waals surface area (Å²) in [5, 5.41) is 0. The molecular formula is C15H29NO. The summed E-state index contributed by atoms with van der Waals surface area (Å²) in [6.45, 7) is 13.3. The molecule has 1 heterocycles. The predicted molar refractivity (Wildman–Crippen MR) is 74.0 cm³/mol.